The van der Waals surface area contributed by atoms with Crippen molar-refractivity contribution >= 4 is 0 Å². The summed E-state index contributed by atoms with van der Waals surface area (Å²) in [5.41, 5.74) is 1.92. The topological polar surface area (TPSA) is 35.8 Å². The number of alkyl halides is 1. The summed E-state index contributed by atoms with van der Waals surface area (Å²) in [6.45, 7) is -0.559. The van der Waals surface area contributed by atoms with Gasteiger partial charge in [-0.1, -0.05) is 24.3 Å². The Labute approximate surface area is 144 Å². The van der Waals surface area contributed by atoms with Gasteiger partial charge in [0, 0.05) is 12.0 Å². The van der Waals surface area contributed by atoms with Crippen LogP contribution in [-0.2, 0) is 0 Å². The third kappa shape index (κ3) is 2.81. The van der Waals surface area contributed by atoms with Crippen LogP contribution in [0.1, 0.15) is 35.8 Å². The predicted molar refractivity (Wildman–Crippen MR) is 88.8 cm³/mol. The number of nitrogens with zero attached hydrogens (tertiary/aromatic N) is 1. The van der Waals surface area contributed by atoms with Crippen molar-refractivity contribution in [3.05, 3.63) is 59.2 Å². The summed E-state index contributed by atoms with van der Waals surface area (Å²) < 4.78 is 41.8. The van der Waals surface area contributed by atoms with Crippen LogP contribution >= 0.6 is 0 Å². The number of halogens is 3. The van der Waals surface area contributed by atoms with Gasteiger partial charge in [0.25, 0.3) is 0 Å². The second-order valence-electron chi connectivity index (χ2n) is 6.82. The van der Waals surface area contributed by atoms with Crippen LogP contribution in [0, 0.1) is 23.0 Å². The highest BCUT2D eigenvalue weighted by atomic mass is 19.1. The van der Waals surface area contributed by atoms with Crippen LogP contribution in [0.5, 0.6) is 0 Å². The van der Waals surface area contributed by atoms with E-state index in [4.69, 9.17) is 5.26 Å². The highest BCUT2D eigenvalue weighted by Gasteiger charge is 2.41. The van der Waals surface area contributed by atoms with Crippen molar-refractivity contribution in [2.45, 2.75) is 36.8 Å². The van der Waals surface area contributed by atoms with E-state index in [2.05, 4.69) is 11.4 Å². The first-order valence-electron chi connectivity index (χ1n) is 8.43. The molecular formula is C20H17F3N2. The number of nitrogens with one attached hydrogen (secondary N) is 1. The van der Waals surface area contributed by atoms with E-state index in [1.165, 1.54) is 12.1 Å². The van der Waals surface area contributed by atoms with Gasteiger partial charge in [0.2, 0.25) is 0 Å². The molecule has 5 heteroatoms. The lowest BCUT2D eigenvalue weighted by Gasteiger charge is -2.41. The summed E-state index contributed by atoms with van der Waals surface area (Å²) in [6.07, 6.45) is 1.97. The van der Waals surface area contributed by atoms with Crippen molar-refractivity contribution in [2.75, 3.05) is 6.67 Å². The average molecular weight is 342 g/mol. The number of nitriles is 1. The molecule has 25 heavy (non-hydrogen) atoms. The molecule has 1 aliphatic carbocycles. The van der Waals surface area contributed by atoms with Crippen molar-refractivity contribution in [1.29, 1.82) is 5.26 Å². The molecule has 1 saturated heterocycles. The minimum absolute atomic E-state index is 0.0402. The van der Waals surface area contributed by atoms with Crippen LogP contribution in [0.3, 0.4) is 0 Å². The fourth-order valence-corrected chi connectivity index (χ4v) is 3.63. The van der Waals surface area contributed by atoms with E-state index >= 15 is 0 Å². The maximum absolute atomic E-state index is 14.4. The van der Waals surface area contributed by atoms with Gasteiger partial charge in [-0.05, 0) is 47.6 Å². The molecule has 3 atom stereocenters. The molecule has 0 unspecified atom stereocenters. The van der Waals surface area contributed by atoms with Crippen molar-refractivity contribution in [3.63, 3.8) is 0 Å². The second-order valence-corrected chi connectivity index (χ2v) is 6.82. The molecule has 2 aromatic carbocycles. The van der Waals surface area contributed by atoms with Gasteiger partial charge in [-0.2, -0.15) is 5.26 Å². The summed E-state index contributed by atoms with van der Waals surface area (Å²) in [6, 6.07) is 10.8. The predicted octanol–water partition coefficient (Wildman–Crippen LogP) is 4.43. The van der Waals surface area contributed by atoms with Crippen LogP contribution in [0.25, 0.3) is 11.1 Å². The molecule has 0 radical (unpaired) electrons. The van der Waals surface area contributed by atoms with Crippen LogP contribution < -0.4 is 5.32 Å². The van der Waals surface area contributed by atoms with Crippen molar-refractivity contribution < 1.29 is 13.2 Å². The van der Waals surface area contributed by atoms with Crippen LogP contribution in [0.15, 0.2) is 36.4 Å². The van der Waals surface area contributed by atoms with Crippen molar-refractivity contribution in [2.24, 2.45) is 0 Å². The Balaban J connectivity index is 1.63. The molecule has 1 N–H and O–H groups in total. The van der Waals surface area contributed by atoms with Crippen LogP contribution in [0.4, 0.5) is 13.2 Å². The van der Waals surface area contributed by atoms with Crippen molar-refractivity contribution in [1.82, 2.24) is 5.32 Å². The Bertz CT molecular complexity index is 814. The monoisotopic (exact) mass is 342 g/mol. The number of rotatable bonds is 4. The Hall–Kier alpha value is -2.32. The van der Waals surface area contributed by atoms with Gasteiger partial charge in [-0.25, -0.2) is 13.2 Å². The summed E-state index contributed by atoms with van der Waals surface area (Å²) in [5.74, 6) is -1.07. The zero-order valence-electron chi connectivity index (χ0n) is 13.5. The molecule has 2 aromatic rings. The van der Waals surface area contributed by atoms with E-state index in [-0.39, 0.29) is 23.4 Å². The third-order valence-corrected chi connectivity index (χ3v) is 5.19. The molecule has 0 bridgehead atoms. The van der Waals surface area contributed by atoms with Gasteiger partial charge in [0.05, 0.1) is 11.6 Å². The quantitative estimate of drug-likeness (QED) is 0.892. The Morgan fingerprint density at radius 1 is 1.04 bits per heavy atom. The third-order valence-electron chi connectivity index (χ3n) is 5.19. The van der Waals surface area contributed by atoms with Gasteiger partial charge < -0.3 is 0 Å². The molecule has 0 spiro atoms. The Morgan fingerprint density at radius 2 is 1.68 bits per heavy atom. The lowest BCUT2D eigenvalue weighted by Crippen LogP contribution is -2.59. The molecule has 128 valence electrons. The highest BCUT2D eigenvalue weighted by Crippen LogP contribution is 2.42. The molecule has 2 fully saturated rings. The summed E-state index contributed by atoms with van der Waals surface area (Å²) >= 11 is 0. The first kappa shape index (κ1) is 16.2. The first-order valence-corrected chi connectivity index (χ1v) is 8.43. The molecule has 1 heterocycles. The molecule has 1 aliphatic heterocycles. The average Bonchev–Trinajstić information content (AvgIpc) is 3.40. The lowest BCUT2D eigenvalue weighted by atomic mass is 9.78. The van der Waals surface area contributed by atoms with E-state index in [1.807, 2.05) is 0 Å². The summed E-state index contributed by atoms with van der Waals surface area (Å²) in [5, 5.41) is 11.9. The lowest BCUT2D eigenvalue weighted by molar-refractivity contribution is 0.210. The number of hydrogen-bond donors (Lipinski definition) is 1. The van der Waals surface area contributed by atoms with Gasteiger partial charge in [-0.3, -0.25) is 5.32 Å². The number of benzene rings is 2. The van der Waals surface area contributed by atoms with E-state index in [0.717, 1.165) is 24.0 Å². The minimum atomic E-state index is -0.559. The normalized spacial score (nSPS) is 25.3. The van der Waals surface area contributed by atoms with E-state index in [9.17, 15) is 13.2 Å². The molecule has 0 aromatic heterocycles. The second kappa shape index (κ2) is 6.20. The zero-order valence-corrected chi connectivity index (χ0v) is 13.5. The minimum Gasteiger partial charge on any atom is -0.295 e. The van der Waals surface area contributed by atoms with E-state index < -0.39 is 24.4 Å². The SMILES string of the molecule is N#C[C@@H]1N[C@@H](CF)[C@@H]1c1ccc(-c2c(F)cc(C3CC3)cc2F)cc1. The van der Waals surface area contributed by atoms with Crippen LogP contribution in [0.2, 0.25) is 0 Å². The molecule has 2 aliphatic rings. The number of hydrogen-bond acceptors (Lipinski definition) is 2. The van der Waals surface area contributed by atoms with Gasteiger partial charge >= 0.3 is 0 Å². The van der Waals surface area contributed by atoms with Gasteiger partial charge in [-0.15, -0.1) is 0 Å². The largest absolute Gasteiger partial charge is 0.295 e. The fourth-order valence-electron chi connectivity index (χ4n) is 3.63. The standard InChI is InChI=1S/C20H17F3N2/c21-9-17-20(18(10-24)25-17)13-5-3-12(4-6-13)19-15(22)7-14(8-16(19)23)11-1-2-11/h3-8,11,17-18,20,25H,1-2,9H2/t17-,18-,20-/m0/s1. The molecule has 2 nitrogen and oxygen atoms in total. The Morgan fingerprint density at radius 3 is 2.20 bits per heavy atom. The summed E-state index contributed by atoms with van der Waals surface area (Å²) in [4.78, 5) is 0. The molecule has 0 amide bonds. The Kier molecular flexibility index (Phi) is 4.01. The summed E-state index contributed by atoms with van der Waals surface area (Å²) in [7, 11) is 0. The fraction of sp³-hybridized carbons (Fsp3) is 0.350. The van der Waals surface area contributed by atoms with Gasteiger partial charge in [0.1, 0.15) is 24.4 Å². The van der Waals surface area contributed by atoms with Crippen LogP contribution in [-0.4, -0.2) is 18.8 Å². The van der Waals surface area contributed by atoms with E-state index in [0.29, 0.717) is 5.56 Å². The maximum atomic E-state index is 14.4. The zero-order chi connectivity index (χ0) is 17.6. The van der Waals surface area contributed by atoms with Gasteiger partial charge in [0.15, 0.2) is 0 Å². The molecule has 4 rings (SSSR count). The molecular weight excluding hydrogens is 325 g/mol. The smallest absolute Gasteiger partial charge is 0.134 e. The highest BCUT2D eigenvalue weighted by molar-refractivity contribution is 5.66. The van der Waals surface area contributed by atoms with Crippen molar-refractivity contribution in [3.8, 4) is 17.2 Å². The molecule has 1 saturated carbocycles. The van der Waals surface area contributed by atoms with E-state index in [1.54, 1.807) is 24.3 Å². The maximum Gasteiger partial charge on any atom is 0.134 e. The first-order chi connectivity index (χ1) is 12.1.